The van der Waals surface area contributed by atoms with Gasteiger partial charge in [-0.25, -0.2) is 12.7 Å². The number of fused-ring (bicyclic) bond motifs is 1. The van der Waals surface area contributed by atoms with Crippen LogP contribution in [0.5, 0.6) is 0 Å². The lowest BCUT2D eigenvalue weighted by Gasteiger charge is -2.37. The molecule has 0 aromatic heterocycles. The Bertz CT molecular complexity index is 1160. The minimum absolute atomic E-state index is 0.173. The summed E-state index contributed by atoms with van der Waals surface area (Å²) < 4.78 is 24.9. The second-order valence-electron chi connectivity index (χ2n) is 9.77. The predicted octanol–water partition coefficient (Wildman–Crippen LogP) is 0.577. The number of nitrogens with zero attached hydrogens (tertiary/aromatic N) is 2. The highest BCUT2D eigenvalue weighted by molar-refractivity contribution is 7.69. The quantitative estimate of drug-likeness (QED) is 0.362. The standard InChI is InChI=1S/C27H35N5O5S/c1-18(28-2)25(33)29-22-17-31(38(36)37)16-15-21-13-14-23(32(21)27(22)35)26(34)30-24(19-9-5-3-6-10-19)20-11-7-4-8-12-20/h3-12,18,21-24,28,38H,13-17H2,1-2H3,(H,29,33)(H,30,34)/t18-,21+,22-,23-/m0/s1. The molecule has 2 aromatic carbocycles. The molecule has 10 nitrogen and oxygen atoms in total. The van der Waals surface area contributed by atoms with Crippen molar-refractivity contribution in [1.82, 2.24) is 25.2 Å². The Morgan fingerprint density at radius 1 is 0.947 bits per heavy atom. The van der Waals surface area contributed by atoms with E-state index in [0.29, 0.717) is 19.3 Å². The van der Waals surface area contributed by atoms with Crippen LogP contribution in [0.25, 0.3) is 0 Å². The van der Waals surface area contributed by atoms with Crippen LogP contribution in [0.3, 0.4) is 0 Å². The van der Waals surface area contributed by atoms with Crippen molar-refractivity contribution in [1.29, 1.82) is 0 Å². The molecular formula is C27H35N5O5S. The third-order valence-electron chi connectivity index (χ3n) is 7.40. The summed E-state index contributed by atoms with van der Waals surface area (Å²) in [6.07, 6.45) is 1.45. The van der Waals surface area contributed by atoms with Gasteiger partial charge in [0.2, 0.25) is 28.6 Å². The molecule has 0 radical (unpaired) electrons. The van der Waals surface area contributed by atoms with Crippen molar-refractivity contribution in [3.63, 3.8) is 0 Å². The molecule has 0 unspecified atom stereocenters. The van der Waals surface area contributed by atoms with Gasteiger partial charge in [0, 0.05) is 19.1 Å². The maximum Gasteiger partial charge on any atom is 0.247 e. The van der Waals surface area contributed by atoms with Crippen LogP contribution >= 0.6 is 0 Å². The van der Waals surface area contributed by atoms with E-state index in [0.717, 1.165) is 11.1 Å². The highest BCUT2D eigenvalue weighted by Gasteiger charge is 2.45. The molecule has 4 rings (SSSR count). The second-order valence-corrected chi connectivity index (χ2v) is 10.8. The molecule has 3 N–H and O–H groups in total. The summed E-state index contributed by atoms with van der Waals surface area (Å²) in [4.78, 5) is 41.8. The number of rotatable bonds is 8. The van der Waals surface area contributed by atoms with Crippen molar-refractivity contribution >= 4 is 28.6 Å². The third kappa shape index (κ3) is 6.23. The van der Waals surface area contributed by atoms with Gasteiger partial charge in [0.1, 0.15) is 12.1 Å². The van der Waals surface area contributed by atoms with E-state index in [-0.39, 0.29) is 25.0 Å². The molecule has 0 aliphatic carbocycles. The fourth-order valence-electron chi connectivity index (χ4n) is 5.19. The average Bonchev–Trinajstić information content (AvgIpc) is 3.35. The van der Waals surface area contributed by atoms with Crippen molar-refractivity contribution in [3.05, 3.63) is 71.8 Å². The van der Waals surface area contributed by atoms with Crippen LogP contribution in [0.4, 0.5) is 0 Å². The molecule has 2 aromatic rings. The molecular weight excluding hydrogens is 506 g/mol. The van der Waals surface area contributed by atoms with Gasteiger partial charge in [-0.2, -0.15) is 0 Å². The molecule has 0 saturated carbocycles. The molecule has 3 amide bonds. The van der Waals surface area contributed by atoms with Gasteiger partial charge < -0.3 is 20.9 Å². The number of carbonyl (C=O) groups excluding carboxylic acids is 3. The summed E-state index contributed by atoms with van der Waals surface area (Å²) in [7, 11) is -1.30. The van der Waals surface area contributed by atoms with Crippen LogP contribution in [-0.2, 0) is 25.3 Å². The zero-order valence-corrected chi connectivity index (χ0v) is 22.5. The number of hydrogen-bond acceptors (Lipinski definition) is 6. The number of benzene rings is 2. The minimum Gasteiger partial charge on any atom is -0.343 e. The molecule has 2 heterocycles. The number of amides is 3. The topological polar surface area (TPSA) is 128 Å². The predicted molar refractivity (Wildman–Crippen MR) is 143 cm³/mol. The number of nitrogens with one attached hydrogen (secondary N) is 3. The van der Waals surface area contributed by atoms with E-state index in [1.54, 1.807) is 18.9 Å². The smallest absolute Gasteiger partial charge is 0.247 e. The molecule has 2 saturated heterocycles. The lowest BCUT2D eigenvalue weighted by atomic mass is 9.98. The first-order valence-corrected chi connectivity index (χ1v) is 14.0. The first-order chi connectivity index (χ1) is 18.3. The Balaban J connectivity index is 1.60. The molecule has 0 spiro atoms. The van der Waals surface area contributed by atoms with Crippen LogP contribution in [0.1, 0.15) is 43.4 Å². The summed E-state index contributed by atoms with van der Waals surface area (Å²) in [6.45, 7) is 1.69. The minimum atomic E-state index is -2.93. The Kier molecular flexibility index (Phi) is 9.13. The molecule has 204 valence electrons. The molecule has 38 heavy (non-hydrogen) atoms. The fraction of sp³-hybridized carbons (Fsp3) is 0.444. The number of carbonyl (C=O) groups is 3. The second kappa shape index (κ2) is 12.5. The summed E-state index contributed by atoms with van der Waals surface area (Å²) in [6, 6.07) is 16.2. The fourth-order valence-corrected chi connectivity index (χ4v) is 5.76. The Morgan fingerprint density at radius 2 is 1.55 bits per heavy atom. The van der Waals surface area contributed by atoms with Gasteiger partial charge in [-0.15, -0.1) is 0 Å². The third-order valence-corrected chi connectivity index (χ3v) is 8.22. The van der Waals surface area contributed by atoms with E-state index < -0.39 is 46.9 Å². The number of hydrogen-bond donors (Lipinski definition) is 4. The molecule has 4 atom stereocenters. The van der Waals surface area contributed by atoms with Crippen LogP contribution in [0.15, 0.2) is 60.7 Å². The molecule has 2 aliphatic heterocycles. The number of likely N-dealkylation sites (N-methyl/N-ethyl adjacent to an activating group) is 1. The average molecular weight is 542 g/mol. The van der Waals surface area contributed by atoms with Crippen LogP contribution in [-0.4, -0.2) is 79.6 Å². The van der Waals surface area contributed by atoms with E-state index >= 15 is 0 Å². The van der Waals surface area contributed by atoms with Crippen LogP contribution in [0.2, 0.25) is 0 Å². The van der Waals surface area contributed by atoms with Gasteiger partial charge in [-0.05, 0) is 44.4 Å². The maximum absolute atomic E-state index is 13.8. The van der Waals surface area contributed by atoms with Crippen molar-refractivity contribution in [2.75, 3.05) is 20.1 Å². The summed E-state index contributed by atoms with van der Waals surface area (Å²) in [5.74, 6) is -1.14. The molecule has 2 fully saturated rings. The van der Waals surface area contributed by atoms with Crippen LogP contribution in [0, 0.1) is 0 Å². The highest BCUT2D eigenvalue weighted by atomic mass is 32.2. The summed E-state index contributed by atoms with van der Waals surface area (Å²) in [5, 5.41) is 8.68. The zero-order chi connectivity index (χ0) is 27.2. The van der Waals surface area contributed by atoms with Gasteiger partial charge in [0.05, 0.1) is 12.1 Å². The van der Waals surface area contributed by atoms with Crippen molar-refractivity contribution < 1.29 is 22.8 Å². The van der Waals surface area contributed by atoms with Gasteiger partial charge in [0.25, 0.3) is 0 Å². The molecule has 0 bridgehead atoms. The van der Waals surface area contributed by atoms with Gasteiger partial charge >= 0.3 is 0 Å². The lowest BCUT2D eigenvalue weighted by molar-refractivity contribution is -0.144. The van der Waals surface area contributed by atoms with E-state index in [2.05, 4.69) is 16.0 Å². The first kappa shape index (κ1) is 27.7. The highest BCUT2D eigenvalue weighted by Crippen LogP contribution is 2.31. The monoisotopic (exact) mass is 541 g/mol. The summed E-state index contributed by atoms with van der Waals surface area (Å²) in [5.41, 5.74) is 1.84. The maximum atomic E-state index is 13.8. The lowest BCUT2D eigenvalue weighted by Crippen LogP contribution is -2.61. The normalized spacial score (nSPS) is 23.0. The zero-order valence-electron chi connectivity index (χ0n) is 21.6. The first-order valence-electron chi connectivity index (χ1n) is 12.9. The van der Waals surface area contributed by atoms with E-state index in [1.165, 1.54) is 4.31 Å². The Hall–Kier alpha value is -3.28. The van der Waals surface area contributed by atoms with Gasteiger partial charge in [0.15, 0.2) is 0 Å². The van der Waals surface area contributed by atoms with Crippen molar-refractivity contribution in [3.8, 4) is 0 Å². The van der Waals surface area contributed by atoms with E-state index in [9.17, 15) is 22.8 Å². The van der Waals surface area contributed by atoms with E-state index in [4.69, 9.17) is 0 Å². The van der Waals surface area contributed by atoms with E-state index in [1.807, 2.05) is 60.7 Å². The van der Waals surface area contributed by atoms with Crippen LogP contribution < -0.4 is 16.0 Å². The molecule has 11 heteroatoms. The number of thiol groups is 1. The van der Waals surface area contributed by atoms with Crippen molar-refractivity contribution in [2.45, 2.75) is 56.4 Å². The summed E-state index contributed by atoms with van der Waals surface area (Å²) >= 11 is 0. The largest absolute Gasteiger partial charge is 0.343 e. The van der Waals surface area contributed by atoms with Crippen molar-refractivity contribution in [2.24, 2.45) is 0 Å². The Labute approximate surface area is 224 Å². The van der Waals surface area contributed by atoms with Gasteiger partial charge in [-0.1, -0.05) is 60.7 Å². The Morgan fingerprint density at radius 3 is 2.11 bits per heavy atom. The van der Waals surface area contributed by atoms with Gasteiger partial charge in [-0.3, -0.25) is 14.4 Å². The SMILES string of the molecule is CN[C@@H](C)C(=O)N[C@H]1CN([SH](=O)=O)CC[C@H]2CC[C@@H](C(=O)NC(c3ccccc3)c3ccccc3)N2C1=O. The molecule has 2 aliphatic rings.